The Morgan fingerprint density at radius 1 is 1.24 bits per heavy atom. The number of aromatic nitrogens is 3. The zero-order chi connectivity index (χ0) is 24.3. The molecule has 0 aliphatic heterocycles. The molecular formula is C26H29N5O3. The van der Waals surface area contributed by atoms with E-state index >= 15 is 0 Å². The number of nitrogens with zero attached hydrogens (tertiary/aromatic N) is 3. The van der Waals surface area contributed by atoms with E-state index < -0.39 is 0 Å². The molecular weight excluding hydrogens is 430 g/mol. The summed E-state index contributed by atoms with van der Waals surface area (Å²) in [6, 6.07) is 10.8. The fourth-order valence-corrected chi connectivity index (χ4v) is 3.84. The Labute approximate surface area is 198 Å². The highest BCUT2D eigenvalue weighted by molar-refractivity contribution is 6.07. The monoisotopic (exact) mass is 459 g/mol. The largest absolute Gasteiger partial charge is 0.398 e. The second-order valence-electron chi connectivity index (χ2n) is 8.92. The molecule has 0 saturated heterocycles. The first-order valence-corrected chi connectivity index (χ1v) is 11.2. The average Bonchev–Trinajstić information content (AvgIpc) is 3.61. The van der Waals surface area contributed by atoms with Crippen molar-refractivity contribution < 1.29 is 9.90 Å². The Hall–Kier alpha value is -3.62. The van der Waals surface area contributed by atoms with Gasteiger partial charge in [0.2, 0.25) is 5.78 Å². The van der Waals surface area contributed by atoms with Crippen LogP contribution in [-0.2, 0) is 13.1 Å². The number of nitrogens with one attached hydrogen (secondary N) is 1. The molecule has 0 bridgehead atoms. The molecule has 1 fully saturated rings. The van der Waals surface area contributed by atoms with Crippen LogP contribution < -0.4 is 16.6 Å². The molecule has 8 nitrogen and oxygen atoms in total. The quantitative estimate of drug-likeness (QED) is 0.331. The Bertz CT molecular complexity index is 1290. The summed E-state index contributed by atoms with van der Waals surface area (Å²) in [4.78, 5) is 34.2. The van der Waals surface area contributed by atoms with Crippen LogP contribution in [0.3, 0.4) is 0 Å². The topological polar surface area (TPSA) is 123 Å². The van der Waals surface area contributed by atoms with E-state index in [1.807, 2.05) is 31.3 Å². The highest BCUT2D eigenvalue weighted by atomic mass is 16.3. The molecule has 4 rings (SSSR count). The van der Waals surface area contributed by atoms with Crippen molar-refractivity contribution in [2.75, 3.05) is 13.7 Å². The van der Waals surface area contributed by atoms with Gasteiger partial charge in [0.1, 0.15) is 5.69 Å². The maximum absolute atomic E-state index is 13.0. The summed E-state index contributed by atoms with van der Waals surface area (Å²) < 4.78 is 1.59. The van der Waals surface area contributed by atoms with Gasteiger partial charge in [-0.2, -0.15) is 0 Å². The number of nitrogens with two attached hydrogens (primary N) is 1. The van der Waals surface area contributed by atoms with Gasteiger partial charge in [-0.3, -0.25) is 14.6 Å². The van der Waals surface area contributed by atoms with Gasteiger partial charge < -0.3 is 20.7 Å². The van der Waals surface area contributed by atoms with Crippen LogP contribution >= 0.6 is 0 Å². The van der Waals surface area contributed by atoms with Crippen LogP contribution in [0.5, 0.6) is 0 Å². The number of hydrogen-bond acceptors (Lipinski definition) is 7. The van der Waals surface area contributed by atoms with E-state index in [-0.39, 0.29) is 29.1 Å². The molecule has 0 spiro atoms. The van der Waals surface area contributed by atoms with E-state index in [1.54, 1.807) is 30.0 Å². The SMILES string of the molecule is CNCc1ccc(C(N)=CC(=O)c2nc(-c3ccc(=O)n(CC4(CO)CC4)c3)cnc2C)cc1. The van der Waals surface area contributed by atoms with Crippen molar-refractivity contribution in [3.05, 3.63) is 87.7 Å². The van der Waals surface area contributed by atoms with Crippen LogP contribution in [0.15, 0.2) is 59.7 Å². The van der Waals surface area contributed by atoms with Crippen molar-refractivity contribution in [2.45, 2.75) is 32.9 Å². The summed E-state index contributed by atoms with van der Waals surface area (Å²) in [5, 5.41) is 12.7. The van der Waals surface area contributed by atoms with E-state index in [1.165, 1.54) is 12.1 Å². The maximum Gasteiger partial charge on any atom is 0.250 e. The lowest BCUT2D eigenvalue weighted by Crippen LogP contribution is -2.25. The minimum Gasteiger partial charge on any atom is -0.398 e. The highest BCUT2D eigenvalue weighted by Gasteiger charge is 2.42. The molecule has 0 atom stereocenters. The van der Waals surface area contributed by atoms with Crippen LogP contribution in [0, 0.1) is 12.3 Å². The number of carbonyl (C=O) groups is 1. The number of pyridine rings is 1. The molecule has 1 saturated carbocycles. The van der Waals surface area contributed by atoms with E-state index in [2.05, 4.69) is 15.3 Å². The molecule has 0 radical (unpaired) electrons. The average molecular weight is 460 g/mol. The minimum absolute atomic E-state index is 0.0542. The highest BCUT2D eigenvalue weighted by Crippen LogP contribution is 2.46. The van der Waals surface area contributed by atoms with Gasteiger partial charge in [-0.15, -0.1) is 0 Å². The summed E-state index contributed by atoms with van der Waals surface area (Å²) in [7, 11) is 1.88. The van der Waals surface area contributed by atoms with Crippen LogP contribution in [-0.4, -0.2) is 39.1 Å². The lowest BCUT2D eigenvalue weighted by atomic mass is 10.1. The summed E-state index contributed by atoms with van der Waals surface area (Å²) in [6.45, 7) is 2.98. The Morgan fingerprint density at radius 3 is 2.62 bits per heavy atom. The number of hydrogen-bond donors (Lipinski definition) is 3. The number of aliphatic hydroxyl groups excluding tert-OH is 1. The van der Waals surface area contributed by atoms with Gasteiger partial charge in [-0.25, -0.2) is 4.98 Å². The molecule has 0 unspecified atom stereocenters. The fourth-order valence-electron chi connectivity index (χ4n) is 3.84. The first kappa shape index (κ1) is 23.5. The summed E-state index contributed by atoms with van der Waals surface area (Å²) >= 11 is 0. The summed E-state index contributed by atoms with van der Waals surface area (Å²) in [5.41, 5.74) is 9.91. The Morgan fingerprint density at radius 2 is 1.97 bits per heavy atom. The zero-order valence-corrected chi connectivity index (χ0v) is 19.4. The zero-order valence-electron chi connectivity index (χ0n) is 19.4. The number of ketones is 1. The van der Waals surface area contributed by atoms with E-state index in [4.69, 9.17) is 5.73 Å². The van der Waals surface area contributed by atoms with Gasteiger partial charge >= 0.3 is 0 Å². The molecule has 2 aromatic heterocycles. The Balaban J connectivity index is 1.60. The van der Waals surface area contributed by atoms with Gasteiger partial charge in [0.05, 0.1) is 24.2 Å². The molecule has 1 aliphatic carbocycles. The lowest BCUT2D eigenvalue weighted by molar-refractivity contribution is 0.104. The van der Waals surface area contributed by atoms with Gasteiger partial charge in [-0.1, -0.05) is 24.3 Å². The van der Waals surface area contributed by atoms with E-state index in [0.29, 0.717) is 29.2 Å². The van der Waals surface area contributed by atoms with Crippen LogP contribution in [0.4, 0.5) is 0 Å². The third-order valence-corrected chi connectivity index (χ3v) is 6.22. The Kier molecular flexibility index (Phi) is 6.72. The van der Waals surface area contributed by atoms with Gasteiger partial charge in [0, 0.05) is 48.1 Å². The van der Waals surface area contributed by atoms with Crippen molar-refractivity contribution in [3.8, 4) is 11.3 Å². The van der Waals surface area contributed by atoms with Crippen molar-refractivity contribution in [1.82, 2.24) is 19.9 Å². The van der Waals surface area contributed by atoms with Crippen LogP contribution in [0.2, 0.25) is 0 Å². The molecule has 1 aromatic carbocycles. The minimum atomic E-state index is -0.339. The normalized spacial score (nSPS) is 14.7. The van der Waals surface area contributed by atoms with E-state index in [0.717, 1.165) is 30.5 Å². The second-order valence-corrected chi connectivity index (χ2v) is 8.92. The third-order valence-electron chi connectivity index (χ3n) is 6.22. The molecule has 2 heterocycles. The van der Waals surface area contributed by atoms with Gasteiger partial charge in [-0.05, 0) is 44.0 Å². The summed E-state index contributed by atoms with van der Waals surface area (Å²) in [6.07, 6.45) is 6.46. The molecule has 0 amide bonds. The first-order valence-electron chi connectivity index (χ1n) is 11.2. The first-order chi connectivity index (χ1) is 16.3. The van der Waals surface area contributed by atoms with Crippen LogP contribution in [0.1, 0.15) is 40.2 Å². The van der Waals surface area contributed by atoms with Gasteiger partial charge in [0.15, 0.2) is 0 Å². The molecule has 34 heavy (non-hydrogen) atoms. The van der Waals surface area contributed by atoms with Crippen LogP contribution in [0.25, 0.3) is 17.0 Å². The van der Waals surface area contributed by atoms with Gasteiger partial charge in [0.25, 0.3) is 5.56 Å². The third kappa shape index (κ3) is 5.13. The van der Waals surface area contributed by atoms with Crippen molar-refractivity contribution in [3.63, 3.8) is 0 Å². The molecule has 3 aromatic rings. The second kappa shape index (κ2) is 9.70. The predicted molar refractivity (Wildman–Crippen MR) is 131 cm³/mol. The number of aryl methyl sites for hydroxylation is 1. The number of aliphatic hydroxyl groups is 1. The van der Waals surface area contributed by atoms with Crippen molar-refractivity contribution in [2.24, 2.45) is 11.1 Å². The smallest absolute Gasteiger partial charge is 0.250 e. The number of carbonyl (C=O) groups excluding carboxylic acids is 1. The number of benzene rings is 1. The van der Waals surface area contributed by atoms with Crippen molar-refractivity contribution >= 4 is 11.5 Å². The molecule has 1 aliphatic rings. The maximum atomic E-state index is 13.0. The number of rotatable bonds is 9. The summed E-state index contributed by atoms with van der Waals surface area (Å²) in [5.74, 6) is -0.339. The fraction of sp³-hybridized carbons (Fsp3) is 0.308. The number of allylic oxidation sites excluding steroid dienone is 1. The lowest BCUT2D eigenvalue weighted by Gasteiger charge is -2.15. The molecule has 8 heteroatoms. The standard InChI is InChI=1S/C26H29N5O3/c1-17-25(23(33)11-21(27)19-5-3-18(4-6-19)12-28-2)30-22(13-29-17)20-7-8-24(34)31(14-20)15-26(16-32)9-10-26/h3-8,11,13-14,28,32H,9-10,12,15-16,27H2,1-2H3. The molecule has 4 N–H and O–H groups in total. The van der Waals surface area contributed by atoms with Crippen molar-refractivity contribution in [1.29, 1.82) is 0 Å². The van der Waals surface area contributed by atoms with E-state index in [9.17, 15) is 14.7 Å². The molecule has 176 valence electrons. The predicted octanol–water partition coefficient (Wildman–Crippen LogP) is 2.29.